The Kier molecular flexibility index (Phi) is 5.46. The Morgan fingerprint density at radius 2 is 1.66 bits per heavy atom. The van der Waals surface area contributed by atoms with Crippen LogP contribution >= 0.6 is 12.6 Å². The predicted octanol–water partition coefficient (Wildman–Crippen LogP) is 4.42. The van der Waals surface area contributed by atoms with Gasteiger partial charge in [0.15, 0.2) is 11.8 Å². The van der Waals surface area contributed by atoms with Crippen molar-refractivity contribution in [3.63, 3.8) is 0 Å². The third kappa shape index (κ3) is 3.84. The first-order valence-corrected chi connectivity index (χ1v) is 10.9. The van der Waals surface area contributed by atoms with E-state index < -0.39 is 23.5 Å². The third-order valence-electron chi connectivity index (χ3n) is 5.58. The molecule has 6 nitrogen and oxygen atoms in total. The van der Waals surface area contributed by atoms with Gasteiger partial charge in [0.1, 0.15) is 6.04 Å². The SMILES string of the molecule is CC(C)(C)/[N+]([O-])=C/c1cc2ccc3ccc(C(=O)NC(CS)C(=O)O)c4ccc(c1)c2c34. The van der Waals surface area contributed by atoms with Gasteiger partial charge in [-0.3, -0.25) is 4.79 Å². The standard InChI is InChI=1S/C25H24N2O4S/c1-25(2,3)27(31)12-14-10-16-5-4-15-6-9-19(23(28)26-20(13-32)24(29)30)18-8-7-17(11-14)21(16)22(15)18/h4-12,20,32H,13H2,1-3H3,(H,26,28)(H,29,30)/b27-12-. The molecule has 0 aliphatic carbocycles. The Hall–Kier alpha value is -3.32. The second kappa shape index (κ2) is 7.98. The molecule has 1 amide bonds. The lowest BCUT2D eigenvalue weighted by atomic mass is 9.90. The highest BCUT2D eigenvalue weighted by molar-refractivity contribution is 7.80. The Balaban J connectivity index is 1.89. The molecule has 0 aliphatic heterocycles. The molecule has 0 spiro atoms. The van der Waals surface area contributed by atoms with Gasteiger partial charge in [-0.1, -0.05) is 30.3 Å². The van der Waals surface area contributed by atoms with E-state index in [9.17, 15) is 19.9 Å². The lowest BCUT2D eigenvalue weighted by Crippen LogP contribution is -2.42. The van der Waals surface area contributed by atoms with E-state index in [1.54, 1.807) is 12.3 Å². The van der Waals surface area contributed by atoms with Crippen LogP contribution in [0.2, 0.25) is 0 Å². The van der Waals surface area contributed by atoms with Crippen LogP contribution < -0.4 is 5.32 Å². The van der Waals surface area contributed by atoms with E-state index in [2.05, 4.69) is 17.9 Å². The molecule has 1 atom stereocenters. The normalized spacial score (nSPS) is 13.7. The van der Waals surface area contributed by atoms with Gasteiger partial charge in [-0.25, -0.2) is 9.53 Å². The van der Waals surface area contributed by atoms with E-state index in [1.807, 2.05) is 63.2 Å². The number of hydrogen-bond acceptors (Lipinski definition) is 4. The lowest BCUT2D eigenvalue weighted by Gasteiger charge is -2.19. The molecule has 2 N–H and O–H groups in total. The van der Waals surface area contributed by atoms with E-state index in [0.717, 1.165) is 42.6 Å². The molecule has 7 heteroatoms. The fraction of sp³-hybridized carbons (Fsp3) is 0.240. The summed E-state index contributed by atoms with van der Waals surface area (Å²) in [5, 5.41) is 29.8. The Morgan fingerprint density at radius 3 is 2.25 bits per heavy atom. The topological polar surface area (TPSA) is 92.5 Å². The first kappa shape index (κ1) is 21.9. The number of amides is 1. The molecule has 0 radical (unpaired) electrons. The van der Waals surface area contributed by atoms with E-state index in [0.29, 0.717) is 5.56 Å². The Bertz CT molecular complexity index is 1370. The molecular weight excluding hydrogens is 424 g/mol. The van der Waals surface area contributed by atoms with Gasteiger partial charge in [0, 0.05) is 37.7 Å². The van der Waals surface area contributed by atoms with Gasteiger partial charge in [0.25, 0.3) is 5.91 Å². The Labute approximate surface area is 190 Å². The van der Waals surface area contributed by atoms with Crippen molar-refractivity contribution in [2.75, 3.05) is 5.75 Å². The monoisotopic (exact) mass is 448 g/mol. The van der Waals surface area contributed by atoms with Gasteiger partial charge in [0.2, 0.25) is 0 Å². The summed E-state index contributed by atoms with van der Waals surface area (Å²) in [7, 11) is 0. The van der Waals surface area contributed by atoms with Crippen molar-refractivity contribution < 1.29 is 19.4 Å². The van der Waals surface area contributed by atoms with Crippen molar-refractivity contribution in [2.24, 2.45) is 0 Å². The quantitative estimate of drug-likeness (QED) is 0.105. The van der Waals surface area contributed by atoms with E-state index >= 15 is 0 Å². The average molecular weight is 449 g/mol. The zero-order valence-electron chi connectivity index (χ0n) is 18.0. The van der Waals surface area contributed by atoms with Crippen LogP contribution in [0.3, 0.4) is 0 Å². The van der Waals surface area contributed by atoms with Gasteiger partial charge >= 0.3 is 5.97 Å². The van der Waals surface area contributed by atoms with Crippen molar-refractivity contribution in [1.82, 2.24) is 5.32 Å². The van der Waals surface area contributed by atoms with Gasteiger partial charge in [-0.05, 0) is 50.5 Å². The van der Waals surface area contributed by atoms with Gasteiger partial charge in [-0.15, -0.1) is 0 Å². The second-order valence-corrected chi connectivity index (χ2v) is 9.27. The smallest absolute Gasteiger partial charge is 0.327 e. The fourth-order valence-corrected chi connectivity index (χ4v) is 4.11. The summed E-state index contributed by atoms with van der Waals surface area (Å²) < 4.78 is 0.947. The van der Waals surface area contributed by atoms with Crippen molar-refractivity contribution in [2.45, 2.75) is 32.4 Å². The third-order valence-corrected chi connectivity index (χ3v) is 5.94. The van der Waals surface area contributed by atoms with E-state index in [4.69, 9.17) is 0 Å². The van der Waals surface area contributed by atoms with E-state index in [1.165, 1.54) is 0 Å². The zero-order chi connectivity index (χ0) is 23.2. The summed E-state index contributed by atoms with van der Waals surface area (Å²) in [5.41, 5.74) is 0.674. The summed E-state index contributed by atoms with van der Waals surface area (Å²) in [5.74, 6) is -1.58. The number of hydroxylamine groups is 1. The highest BCUT2D eigenvalue weighted by Gasteiger charge is 2.22. The highest BCUT2D eigenvalue weighted by Crippen LogP contribution is 2.36. The average Bonchev–Trinajstić information content (AvgIpc) is 2.74. The minimum atomic E-state index is -1.13. The van der Waals surface area contributed by atoms with E-state index in [-0.39, 0.29) is 5.75 Å². The van der Waals surface area contributed by atoms with Crippen LogP contribution in [0.5, 0.6) is 0 Å². The number of thiol groups is 1. The second-order valence-electron chi connectivity index (χ2n) is 8.90. The molecule has 1 unspecified atom stereocenters. The first-order valence-electron chi connectivity index (χ1n) is 10.3. The molecule has 0 aromatic heterocycles. The number of benzene rings is 4. The molecule has 0 aliphatic rings. The molecule has 4 rings (SSSR count). The van der Waals surface area contributed by atoms with Crippen LogP contribution in [0.25, 0.3) is 32.3 Å². The maximum absolute atomic E-state index is 12.9. The molecule has 0 heterocycles. The number of carboxylic acids is 1. The number of carboxylic acid groups (broad SMARTS) is 1. The van der Waals surface area contributed by atoms with Crippen molar-refractivity contribution in [3.8, 4) is 0 Å². The van der Waals surface area contributed by atoms with Crippen LogP contribution in [0, 0.1) is 5.21 Å². The molecular formula is C25H24N2O4S. The molecule has 32 heavy (non-hydrogen) atoms. The first-order chi connectivity index (χ1) is 15.1. The molecule has 4 aromatic carbocycles. The lowest BCUT2D eigenvalue weighted by molar-refractivity contribution is -0.530. The van der Waals surface area contributed by atoms with Gasteiger partial charge in [0.05, 0.1) is 0 Å². The summed E-state index contributed by atoms with van der Waals surface area (Å²) in [6.45, 7) is 5.57. The van der Waals surface area contributed by atoms with Crippen molar-refractivity contribution in [1.29, 1.82) is 0 Å². The van der Waals surface area contributed by atoms with Crippen LogP contribution in [-0.4, -0.2) is 45.3 Å². The van der Waals surface area contributed by atoms with Crippen molar-refractivity contribution in [3.05, 3.63) is 64.9 Å². The molecule has 0 bridgehead atoms. The molecule has 4 aromatic rings. The van der Waals surface area contributed by atoms with Crippen LogP contribution in [0.15, 0.2) is 48.5 Å². The number of aliphatic carboxylic acids is 1. The molecule has 0 saturated carbocycles. The Morgan fingerprint density at radius 1 is 1.06 bits per heavy atom. The fourth-order valence-electron chi connectivity index (χ4n) is 3.87. The number of carbonyl (C=O) groups is 2. The zero-order valence-corrected chi connectivity index (χ0v) is 18.9. The molecule has 0 saturated heterocycles. The predicted molar refractivity (Wildman–Crippen MR) is 131 cm³/mol. The number of carbonyl (C=O) groups excluding carboxylic acids is 1. The summed E-state index contributed by atoms with van der Waals surface area (Å²) in [4.78, 5) is 24.2. The molecule has 0 fully saturated rings. The van der Waals surface area contributed by atoms with Crippen molar-refractivity contribution >= 4 is 63.0 Å². The number of nitrogens with zero attached hydrogens (tertiary/aromatic N) is 1. The summed E-state index contributed by atoms with van der Waals surface area (Å²) in [6, 6.07) is 14.2. The number of nitrogens with one attached hydrogen (secondary N) is 1. The maximum atomic E-state index is 12.9. The largest absolute Gasteiger partial charge is 0.623 e. The van der Waals surface area contributed by atoms with Crippen LogP contribution in [0.4, 0.5) is 0 Å². The minimum Gasteiger partial charge on any atom is -0.623 e. The maximum Gasteiger partial charge on any atom is 0.327 e. The van der Waals surface area contributed by atoms with Crippen LogP contribution in [0.1, 0.15) is 36.7 Å². The number of rotatable bonds is 5. The van der Waals surface area contributed by atoms with Gasteiger partial charge in [-0.2, -0.15) is 12.6 Å². The minimum absolute atomic E-state index is 0.00250. The summed E-state index contributed by atoms with van der Waals surface area (Å²) >= 11 is 4.02. The summed E-state index contributed by atoms with van der Waals surface area (Å²) in [6.07, 6.45) is 1.59. The van der Waals surface area contributed by atoms with Gasteiger partial charge < -0.3 is 15.6 Å². The van der Waals surface area contributed by atoms with Crippen LogP contribution in [-0.2, 0) is 4.79 Å². The highest BCUT2D eigenvalue weighted by atomic mass is 32.1. The molecule has 164 valence electrons. The number of hydrogen-bond donors (Lipinski definition) is 3.